The minimum Gasteiger partial charge on any atom is -0.390 e. The van der Waals surface area contributed by atoms with E-state index in [4.69, 9.17) is 5.26 Å². The number of hydrogen-bond donors (Lipinski definition) is 1. The zero-order valence-electron chi connectivity index (χ0n) is 13.3. The topological polar surface area (TPSA) is 60.1 Å². The SMILES string of the molecule is C[C@]1(O)CCN(c2cccc(C#N)n2)C[C@H]1Cc1ccccc1. The molecule has 2 aromatic rings. The molecule has 0 aliphatic carbocycles. The molecule has 3 rings (SSSR count). The Morgan fingerprint density at radius 3 is 2.78 bits per heavy atom. The van der Waals surface area contributed by atoms with Crippen molar-refractivity contribution in [3.63, 3.8) is 0 Å². The van der Waals surface area contributed by atoms with Gasteiger partial charge < -0.3 is 10.0 Å². The summed E-state index contributed by atoms with van der Waals surface area (Å²) in [6.07, 6.45) is 1.53. The van der Waals surface area contributed by atoms with E-state index in [-0.39, 0.29) is 5.92 Å². The number of nitrogens with zero attached hydrogens (tertiary/aromatic N) is 3. The molecule has 0 bridgehead atoms. The third kappa shape index (κ3) is 3.52. The molecule has 23 heavy (non-hydrogen) atoms. The first-order valence-corrected chi connectivity index (χ1v) is 7.97. The van der Waals surface area contributed by atoms with E-state index in [1.807, 2.05) is 37.3 Å². The average Bonchev–Trinajstić information content (AvgIpc) is 2.58. The molecular formula is C19H21N3O. The summed E-state index contributed by atoms with van der Waals surface area (Å²) in [4.78, 5) is 6.56. The molecule has 0 saturated carbocycles. The summed E-state index contributed by atoms with van der Waals surface area (Å²) in [6.45, 7) is 3.42. The van der Waals surface area contributed by atoms with Crippen LogP contribution in [-0.2, 0) is 6.42 Å². The lowest BCUT2D eigenvalue weighted by atomic mass is 9.79. The second-order valence-electron chi connectivity index (χ2n) is 6.43. The number of hydrogen-bond acceptors (Lipinski definition) is 4. The molecule has 2 atom stereocenters. The fourth-order valence-corrected chi connectivity index (χ4v) is 3.17. The number of pyridine rings is 1. The van der Waals surface area contributed by atoms with Crippen molar-refractivity contribution < 1.29 is 5.11 Å². The average molecular weight is 307 g/mol. The maximum absolute atomic E-state index is 10.8. The van der Waals surface area contributed by atoms with Gasteiger partial charge >= 0.3 is 0 Å². The van der Waals surface area contributed by atoms with E-state index < -0.39 is 5.60 Å². The third-order valence-corrected chi connectivity index (χ3v) is 4.71. The molecule has 4 nitrogen and oxygen atoms in total. The number of aliphatic hydroxyl groups is 1. The molecule has 0 amide bonds. The first-order valence-electron chi connectivity index (χ1n) is 7.97. The summed E-state index contributed by atoms with van der Waals surface area (Å²) in [5.41, 5.74) is 0.983. The van der Waals surface area contributed by atoms with E-state index in [0.717, 1.165) is 25.3 Å². The van der Waals surface area contributed by atoms with Crippen LogP contribution in [0.15, 0.2) is 48.5 Å². The summed E-state index contributed by atoms with van der Waals surface area (Å²) in [5.74, 6) is 0.948. The maximum atomic E-state index is 10.8. The summed E-state index contributed by atoms with van der Waals surface area (Å²) >= 11 is 0. The van der Waals surface area contributed by atoms with Gasteiger partial charge in [0.2, 0.25) is 0 Å². The van der Waals surface area contributed by atoms with Gasteiger partial charge in [0.05, 0.1) is 5.60 Å². The molecule has 4 heteroatoms. The van der Waals surface area contributed by atoms with Crippen molar-refractivity contribution in [1.29, 1.82) is 5.26 Å². The van der Waals surface area contributed by atoms with Crippen LogP contribution in [0.5, 0.6) is 0 Å². The van der Waals surface area contributed by atoms with Gasteiger partial charge in [-0.3, -0.25) is 0 Å². The van der Waals surface area contributed by atoms with Crippen LogP contribution in [0.4, 0.5) is 5.82 Å². The number of aromatic nitrogens is 1. The molecule has 0 radical (unpaired) electrons. The first kappa shape index (κ1) is 15.5. The molecule has 1 saturated heterocycles. The highest BCUT2D eigenvalue weighted by Gasteiger charge is 2.37. The predicted octanol–water partition coefficient (Wildman–Crippen LogP) is 2.77. The zero-order chi connectivity index (χ0) is 16.3. The van der Waals surface area contributed by atoms with Crippen LogP contribution < -0.4 is 4.90 Å². The Kier molecular flexibility index (Phi) is 4.31. The summed E-state index contributed by atoms with van der Waals surface area (Å²) in [5, 5.41) is 19.8. The van der Waals surface area contributed by atoms with Gasteiger partial charge in [-0.1, -0.05) is 36.4 Å². The Morgan fingerprint density at radius 2 is 2.04 bits per heavy atom. The summed E-state index contributed by atoms with van der Waals surface area (Å²) in [7, 11) is 0. The van der Waals surface area contributed by atoms with E-state index in [1.165, 1.54) is 5.56 Å². The highest BCUT2D eigenvalue weighted by atomic mass is 16.3. The van der Waals surface area contributed by atoms with Crippen molar-refractivity contribution in [2.75, 3.05) is 18.0 Å². The van der Waals surface area contributed by atoms with Crippen molar-refractivity contribution in [3.8, 4) is 6.07 Å². The Labute approximate surface area is 137 Å². The predicted molar refractivity (Wildman–Crippen MR) is 90.0 cm³/mol. The van der Waals surface area contributed by atoms with Gasteiger partial charge in [-0.05, 0) is 37.5 Å². The lowest BCUT2D eigenvalue weighted by molar-refractivity contribution is -0.0168. The van der Waals surface area contributed by atoms with Crippen molar-refractivity contribution >= 4 is 5.82 Å². The van der Waals surface area contributed by atoms with Crippen LogP contribution in [-0.4, -0.2) is 28.8 Å². The van der Waals surface area contributed by atoms with Gasteiger partial charge in [-0.15, -0.1) is 0 Å². The minimum absolute atomic E-state index is 0.131. The number of piperidine rings is 1. The van der Waals surface area contributed by atoms with E-state index in [1.54, 1.807) is 6.07 Å². The quantitative estimate of drug-likeness (QED) is 0.947. The van der Waals surface area contributed by atoms with Crippen LogP contribution in [0.25, 0.3) is 0 Å². The Bertz CT molecular complexity index is 706. The van der Waals surface area contributed by atoms with Crippen molar-refractivity contribution in [3.05, 3.63) is 59.8 Å². The first-order chi connectivity index (χ1) is 11.1. The fourth-order valence-electron chi connectivity index (χ4n) is 3.17. The summed E-state index contributed by atoms with van der Waals surface area (Å²) in [6, 6.07) is 17.9. The molecule has 1 aliphatic rings. The standard InChI is InChI=1S/C19H21N3O/c1-19(23)10-11-22(18-9-5-8-17(13-20)21-18)14-16(19)12-15-6-3-2-4-7-15/h2-9,16,23H,10-12,14H2,1H3/t16-,19+/m1/s1. The van der Waals surface area contributed by atoms with Gasteiger partial charge in [0, 0.05) is 19.0 Å². The van der Waals surface area contributed by atoms with Gasteiger partial charge in [0.15, 0.2) is 0 Å². The van der Waals surface area contributed by atoms with Crippen molar-refractivity contribution in [2.45, 2.75) is 25.4 Å². The number of rotatable bonds is 3. The summed E-state index contributed by atoms with van der Waals surface area (Å²) < 4.78 is 0. The van der Waals surface area contributed by atoms with Crippen LogP contribution in [0.3, 0.4) is 0 Å². The highest BCUT2D eigenvalue weighted by Crippen LogP contribution is 2.32. The number of nitriles is 1. The Hall–Kier alpha value is -2.38. The van der Waals surface area contributed by atoms with E-state index in [2.05, 4.69) is 28.1 Å². The largest absolute Gasteiger partial charge is 0.390 e. The van der Waals surface area contributed by atoms with Gasteiger partial charge in [0.25, 0.3) is 0 Å². The van der Waals surface area contributed by atoms with Gasteiger partial charge in [0.1, 0.15) is 17.6 Å². The molecule has 0 spiro atoms. The van der Waals surface area contributed by atoms with E-state index >= 15 is 0 Å². The molecule has 1 aromatic carbocycles. The fraction of sp³-hybridized carbons (Fsp3) is 0.368. The minimum atomic E-state index is -0.681. The highest BCUT2D eigenvalue weighted by molar-refractivity contribution is 5.42. The molecule has 1 fully saturated rings. The van der Waals surface area contributed by atoms with Crippen molar-refractivity contribution in [1.82, 2.24) is 4.98 Å². The molecule has 118 valence electrons. The van der Waals surface area contributed by atoms with Crippen LogP contribution in [0.1, 0.15) is 24.6 Å². The normalized spacial score (nSPS) is 24.2. The van der Waals surface area contributed by atoms with Gasteiger partial charge in [-0.25, -0.2) is 4.98 Å². The molecule has 1 aromatic heterocycles. The maximum Gasteiger partial charge on any atom is 0.142 e. The number of benzene rings is 1. The van der Waals surface area contributed by atoms with Gasteiger partial charge in [-0.2, -0.15) is 5.26 Å². The molecule has 1 aliphatic heterocycles. The second kappa shape index (κ2) is 6.39. The zero-order valence-corrected chi connectivity index (χ0v) is 13.3. The number of anilines is 1. The Morgan fingerprint density at radius 1 is 1.26 bits per heavy atom. The lowest BCUT2D eigenvalue weighted by Crippen LogP contribution is -2.51. The lowest BCUT2D eigenvalue weighted by Gasteiger charge is -2.43. The van der Waals surface area contributed by atoms with Crippen LogP contribution in [0, 0.1) is 17.2 Å². The second-order valence-corrected chi connectivity index (χ2v) is 6.43. The molecule has 2 heterocycles. The molecule has 0 unspecified atom stereocenters. The molecule has 1 N–H and O–H groups in total. The van der Waals surface area contributed by atoms with Crippen LogP contribution >= 0.6 is 0 Å². The van der Waals surface area contributed by atoms with Crippen molar-refractivity contribution in [2.24, 2.45) is 5.92 Å². The van der Waals surface area contributed by atoms with E-state index in [9.17, 15) is 5.11 Å². The van der Waals surface area contributed by atoms with E-state index in [0.29, 0.717) is 12.1 Å². The van der Waals surface area contributed by atoms with Crippen LogP contribution in [0.2, 0.25) is 0 Å². The molecular weight excluding hydrogens is 286 g/mol. The monoisotopic (exact) mass is 307 g/mol. The smallest absolute Gasteiger partial charge is 0.142 e. The Balaban J connectivity index is 1.79. The third-order valence-electron chi connectivity index (χ3n) is 4.71.